The predicted octanol–water partition coefficient (Wildman–Crippen LogP) is 3.90. The summed E-state index contributed by atoms with van der Waals surface area (Å²) in [6, 6.07) is 12.6. The van der Waals surface area contributed by atoms with E-state index in [1.54, 1.807) is 23.1 Å². The second-order valence-corrected chi connectivity index (χ2v) is 5.10. The van der Waals surface area contributed by atoms with Crippen LogP contribution in [0.25, 0.3) is 0 Å². The minimum absolute atomic E-state index is 0.0799. The van der Waals surface area contributed by atoms with E-state index in [4.69, 9.17) is 17.3 Å². The van der Waals surface area contributed by atoms with Crippen molar-refractivity contribution in [1.29, 1.82) is 0 Å². The molecular weight excluding hydrogens is 272 g/mol. The first-order valence-corrected chi connectivity index (χ1v) is 6.83. The topological polar surface area (TPSA) is 46.3 Å². The van der Waals surface area contributed by atoms with Crippen LogP contribution < -0.4 is 10.6 Å². The van der Waals surface area contributed by atoms with Crippen LogP contribution in [0.15, 0.2) is 42.5 Å². The van der Waals surface area contributed by atoms with Crippen molar-refractivity contribution in [3.63, 3.8) is 0 Å². The number of nitrogens with zero attached hydrogens (tertiary/aromatic N) is 1. The molecule has 20 heavy (non-hydrogen) atoms. The molecule has 0 saturated carbocycles. The first kappa shape index (κ1) is 14.4. The van der Waals surface area contributed by atoms with Crippen molar-refractivity contribution in [1.82, 2.24) is 0 Å². The van der Waals surface area contributed by atoms with E-state index in [-0.39, 0.29) is 5.91 Å². The number of hydrogen-bond donors (Lipinski definition) is 1. The lowest BCUT2D eigenvalue weighted by Gasteiger charge is -2.21. The zero-order chi connectivity index (χ0) is 14.7. The summed E-state index contributed by atoms with van der Waals surface area (Å²) in [5.74, 6) is -0.0799. The van der Waals surface area contributed by atoms with Crippen molar-refractivity contribution in [2.24, 2.45) is 0 Å². The molecule has 0 aliphatic heterocycles. The summed E-state index contributed by atoms with van der Waals surface area (Å²) < 4.78 is 0. The number of halogens is 1. The first-order chi connectivity index (χ1) is 9.51. The Bertz CT molecular complexity index is 620. The largest absolute Gasteiger partial charge is 0.399 e. The van der Waals surface area contributed by atoms with E-state index < -0.39 is 0 Å². The van der Waals surface area contributed by atoms with E-state index >= 15 is 0 Å². The quantitative estimate of drug-likeness (QED) is 0.871. The molecule has 0 atom stereocenters. The average molecular weight is 289 g/mol. The normalized spacial score (nSPS) is 10.3. The molecule has 0 unspecified atom stereocenters. The van der Waals surface area contributed by atoms with Crippen molar-refractivity contribution in [2.45, 2.75) is 13.8 Å². The van der Waals surface area contributed by atoms with Gasteiger partial charge < -0.3 is 10.6 Å². The van der Waals surface area contributed by atoms with Crippen molar-refractivity contribution in [3.05, 3.63) is 58.6 Å². The highest BCUT2D eigenvalue weighted by Crippen LogP contribution is 2.22. The zero-order valence-corrected chi connectivity index (χ0v) is 12.3. The first-order valence-electron chi connectivity index (χ1n) is 6.46. The molecule has 0 aromatic heterocycles. The van der Waals surface area contributed by atoms with Gasteiger partial charge in [0.25, 0.3) is 5.91 Å². The number of nitrogens with two attached hydrogens (primary N) is 1. The molecule has 4 heteroatoms. The summed E-state index contributed by atoms with van der Waals surface area (Å²) in [6.07, 6.45) is 0. The molecule has 2 aromatic carbocycles. The molecular formula is C16H17ClN2O. The maximum absolute atomic E-state index is 12.6. The van der Waals surface area contributed by atoms with Crippen molar-refractivity contribution < 1.29 is 4.79 Å². The molecule has 0 spiro atoms. The van der Waals surface area contributed by atoms with Crippen molar-refractivity contribution in [2.75, 3.05) is 17.2 Å². The number of amides is 1. The molecule has 104 valence electrons. The molecule has 2 N–H and O–H groups in total. The summed E-state index contributed by atoms with van der Waals surface area (Å²) in [6.45, 7) is 4.41. The van der Waals surface area contributed by atoms with Crippen LogP contribution in [0.1, 0.15) is 22.8 Å². The molecule has 1 amide bonds. The Morgan fingerprint density at radius 1 is 1.25 bits per heavy atom. The van der Waals surface area contributed by atoms with Gasteiger partial charge in [0.05, 0.1) is 0 Å². The molecule has 0 aliphatic carbocycles. The van der Waals surface area contributed by atoms with Gasteiger partial charge in [0.2, 0.25) is 0 Å². The van der Waals surface area contributed by atoms with Gasteiger partial charge in [-0.1, -0.05) is 17.7 Å². The second kappa shape index (κ2) is 5.97. The van der Waals surface area contributed by atoms with Crippen LogP contribution in [0.3, 0.4) is 0 Å². The predicted molar refractivity (Wildman–Crippen MR) is 84.4 cm³/mol. The van der Waals surface area contributed by atoms with Gasteiger partial charge in [-0.15, -0.1) is 0 Å². The zero-order valence-electron chi connectivity index (χ0n) is 11.6. The lowest BCUT2D eigenvalue weighted by Crippen LogP contribution is -2.30. The maximum atomic E-state index is 12.6. The van der Waals surface area contributed by atoms with Crippen molar-refractivity contribution in [3.8, 4) is 0 Å². The third kappa shape index (κ3) is 3.11. The van der Waals surface area contributed by atoms with Gasteiger partial charge in [0.15, 0.2) is 0 Å². The number of carbonyl (C=O) groups is 1. The second-order valence-electron chi connectivity index (χ2n) is 4.66. The fourth-order valence-corrected chi connectivity index (χ4v) is 2.44. The van der Waals surface area contributed by atoms with E-state index in [1.165, 1.54) is 0 Å². The van der Waals surface area contributed by atoms with E-state index in [1.807, 2.05) is 38.1 Å². The van der Waals surface area contributed by atoms with Gasteiger partial charge in [-0.05, 0) is 55.8 Å². The Labute approximate surface area is 124 Å². The van der Waals surface area contributed by atoms with Crippen LogP contribution in [0.5, 0.6) is 0 Å². The number of carbonyl (C=O) groups excluding carboxylic acids is 1. The highest BCUT2D eigenvalue weighted by atomic mass is 35.5. The monoisotopic (exact) mass is 288 g/mol. The fourth-order valence-electron chi connectivity index (χ4n) is 2.15. The number of hydrogen-bond acceptors (Lipinski definition) is 2. The van der Waals surface area contributed by atoms with Crippen LogP contribution >= 0.6 is 11.6 Å². The smallest absolute Gasteiger partial charge is 0.258 e. The van der Waals surface area contributed by atoms with Crippen LogP contribution in [0, 0.1) is 6.92 Å². The highest BCUT2D eigenvalue weighted by molar-refractivity contribution is 6.31. The van der Waals surface area contributed by atoms with Gasteiger partial charge in [0.1, 0.15) is 0 Å². The number of rotatable bonds is 3. The number of benzene rings is 2. The molecule has 2 aromatic rings. The third-order valence-corrected chi connectivity index (χ3v) is 3.25. The number of anilines is 2. The Kier molecular flexibility index (Phi) is 4.30. The lowest BCUT2D eigenvalue weighted by atomic mass is 10.1. The summed E-state index contributed by atoms with van der Waals surface area (Å²) in [7, 11) is 0. The van der Waals surface area contributed by atoms with Crippen LogP contribution in [0.2, 0.25) is 5.02 Å². The maximum Gasteiger partial charge on any atom is 0.258 e. The Morgan fingerprint density at radius 2 is 2.00 bits per heavy atom. The third-order valence-electron chi connectivity index (χ3n) is 3.03. The van der Waals surface area contributed by atoms with Gasteiger partial charge >= 0.3 is 0 Å². The van der Waals surface area contributed by atoms with Gasteiger partial charge in [-0.3, -0.25) is 4.79 Å². The number of aryl methyl sites for hydroxylation is 1. The summed E-state index contributed by atoms with van der Waals surface area (Å²) in [4.78, 5) is 14.3. The van der Waals surface area contributed by atoms with E-state index in [0.29, 0.717) is 22.8 Å². The lowest BCUT2D eigenvalue weighted by molar-refractivity contribution is 0.0988. The van der Waals surface area contributed by atoms with Gasteiger partial charge in [-0.2, -0.15) is 0 Å². The van der Waals surface area contributed by atoms with Crippen LogP contribution in [-0.2, 0) is 0 Å². The van der Waals surface area contributed by atoms with E-state index in [0.717, 1.165) is 11.3 Å². The van der Waals surface area contributed by atoms with Gasteiger partial charge in [-0.25, -0.2) is 0 Å². The van der Waals surface area contributed by atoms with Crippen LogP contribution in [-0.4, -0.2) is 12.5 Å². The molecule has 3 nitrogen and oxygen atoms in total. The van der Waals surface area contributed by atoms with E-state index in [2.05, 4.69) is 0 Å². The summed E-state index contributed by atoms with van der Waals surface area (Å²) in [5.41, 5.74) is 8.75. The molecule has 0 aliphatic rings. The minimum Gasteiger partial charge on any atom is -0.399 e. The molecule has 0 bridgehead atoms. The molecule has 0 fully saturated rings. The average Bonchev–Trinajstić information content (AvgIpc) is 2.38. The SMILES string of the molecule is CCN(C(=O)c1cc(C)cc(Cl)c1)c1cccc(N)c1. The van der Waals surface area contributed by atoms with Gasteiger partial charge in [0, 0.05) is 28.5 Å². The molecule has 0 saturated heterocycles. The molecule has 0 radical (unpaired) electrons. The van der Waals surface area contributed by atoms with Crippen molar-refractivity contribution >= 4 is 28.9 Å². The Balaban J connectivity index is 2.38. The Morgan fingerprint density at radius 3 is 2.60 bits per heavy atom. The highest BCUT2D eigenvalue weighted by Gasteiger charge is 2.17. The minimum atomic E-state index is -0.0799. The summed E-state index contributed by atoms with van der Waals surface area (Å²) >= 11 is 6.02. The van der Waals surface area contributed by atoms with Crippen LogP contribution in [0.4, 0.5) is 11.4 Å². The standard InChI is InChI=1S/C16H17ClN2O/c1-3-19(15-6-4-5-14(18)10-15)16(20)12-7-11(2)8-13(17)9-12/h4-10H,3,18H2,1-2H3. The number of nitrogen functional groups attached to an aromatic ring is 1. The fraction of sp³-hybridized carbons (Fsp3) is 0.188. The Hall–Kier alpha value is -2.00. The molecule has 2 rings (SSSR count). The van der Waals surface area contributed by atoms with E-state index in [9.17, 15) is 4.79 Å². The summed E-state index contributed by atoms with van der Waals surface area (Å²) in [5, 5.41) is 0.567. The molecule has 0 heterocycles.